The Labute approximate surface area is 129 Å². The van der Waals surface area contributed by atoms with E-state index in [2.05, 4.69) is 26.1 Å². The van der Waals surface area contributed by atoms with Gasteiger partial charge in [-0.2, -0.15) is 0 Å². The van der Waals surface area contributed by atoms with E-state index in [-0.39, 0.29) is 11.9 Å². The van der Waals surface area contributed by atoms with E-state index in [4.69, 9.17) is 0 Å². The van der Waals surface area contributed by atoms with E-state index in [1.54, 1.807) is 4.90 Å². The number of carbonyl (C=O) groups excluding carboxylic acids is 2. The highest BCUT2D eigenvalue weighted by Gasteiger charge is 2.66. The molecule has 0 radical (unpaired) electrons. The third kappa shape index (κ3) is 1.96. The van der Waals surface area contributed by atoms with Crippen LogP contribution in [-0.4, -0.2) is 43.0 Å². The molecule has 1 spiro atoms. The van der Waals surface area contributed by atoms with E-state index in [9.17, 15) is 9.59 Å². The van der Waals surface area contributed by atoms with Crippen molar-refractivity contribution in [1.29, 1.82) is 0 Å². The van der Waals surface area contributed by atoms with Crippen LogP contribution in [0.1, 0.15) is 38.6 Å². The Kier molecular flexibility index (Phi) is 2.95. The van der Waals surface area contributed by atoms with Crippen LogP contribution in [0.4, 0.5) is 4.79 Å². The predicted octanol–water partition coefficient (Wildman–Crippen LogP) is 2.40. The van der Waals surface area contributed by atoms with Crippen molar-refractivity contribution < 1.29 is 9.59 Å². The average molecular weight is 359 g/mol. The second-order valence-corrected chi connectivity index (χ2v) is 8.50. The fraction of sp³-hybridized carbons (Fsp3) is 0.667. The Morgan fingerprint density at radius 2 is 1.95 bits per heavy atom. The summed E-state index contributed by atoms with van der Waals surface area (Å²) in [5.41, 5.74) is -1.12. The minimum Gasteiger partial charge on any atom is -0.303 e. The van der Waals surface area contributed by atoms with E-state index in [0.717, 1.165) is 17.8 Å². The first kappa shape index (κ1) is 13.9. The van der Waals surface area contributed by atoms with Crippen molar-refractivity contribution in [2.75, 3.05) is 0 Å². The number of amides is 3. The predicted molar refractivity (Wildman–Crippen MR) is 77.1 cm³/mol. The largest absolute Gasteiger partial charge is 0.328 e. The minimum absolute atomic E-state index is 0.0708. The van der Waals surface area contributed by atoms with Crippen LogP contribution in [0.15, 0.2) is 3.92 Å². The van der Waals surface area contributed by atoms with Crippen LogP contribution < -0.4 is 0 Å². The van der Waals surface area contributed by atoms with E-state index < -0.39 is 11.1 Å². The third-order valence-corrected chi connectivity index (χ3v) is 5.01. The summed E-state index contributed by atoms with van der Waals surface area (Å²) in [5.74, 6) is -0.0708. The molecule has 2 heterocycles. The molecule has 1 aromatic rings. The molecule has 1 saturated heterocycles. The molecule has 3 amide bonds. The topological polar surface area (TPSA) is 66.4 Å². The molecule has 8 heteroatoms. The van der Waals surface area contributed by atoms with Gasteiger partial charge < -0.3 is 4.90 Å². The first-order valence-electron chi connectivity index (χ1n) is 6.40. The lowest BCUT2D eigenvalue weighted by Crippen LogP contribution is -2.46. The van der Waals surface area contributed by atoms with Crippen LogP contribution in [0.3, 0.4) is 0 Å². The Hall–Kier alpha value is -1.02. The zero-order chi connectivity index (χ0) is 14.7. The fourth-order valence-corrected chi connectivity index (χ4v) is 3.75. The van der Waals surface area contributed by atoms with Crippen LogP contribution in [0.5, 0.6) is 0 Å². The SMILES string of the molecule is CC(C)(C)N1C(=O)N(Cc2nnc(Br)s2)C2(CC2)C1=O. The Bertz CT molecular complexity index is 591. The van der Waals surface area contributed by atoms with Gasteiger partial charge in [0.25, 0.3) is 5.91 Å². The number of nitrogens with zero attached hydrogens (tertiary/aromatic N) is 4. The summed E-state index contributed by atoms with van der Waals surface area (Å²) in [6.45, 7) is 5.98. The van der Waals surface area contributed by atoms with Gasteiger partial charge in [-0.3, -0.25) is 9.69 Å². The van der Waals surface area contributed by atoms with Gasteiger partial charge >= 0.3 is 6.03 Å². The lowest BCUT2D eigenvalue weighted by molar-refractivity contribution is -0.132. The zero-order valence-electron chi connectivity index (χ0n) is 11.5. The lowest BCUT2D eigenvalue weighted by atomic mass is 10.1. The highest BCUT2D eigenvalue weighted by atomic mass is 79.9. The van der Waals surface area contributed by atoms with Crippen LogP contribution in [0.25, 0.3) is 0 Å². The first-order valence-corrected chi connectivity index (χ1v) is 8.01. The lowest BCUT2D eigenvalue weighted by Gasteiger charge is -2.29. The van der Waals surface area contributed by atoms with Gasteiger partial charge in [0.05, 0.1) is 6.54 Å². The first-order chi connectivity index (χ1) is 9.25. The van der Waals surface area contributed by atoms with E-state index in [1.807, 2.05) is 20.8 Å². The van der Waals surface area contributed by atoms with Crippen LogP contribution in [-0.2, 0) is 11.3 Å². The molecular weight excluding hydrogens is 344 g/mol. The van der Waals surface area contributed by atoms with Gasteiger partial charge in [0, 0.05) is 5.54 Å². The number of urea groups is 1. The van der Waals surface area contributed by atoms with E-state index >= 15 is 0 Å². The Balaban J connectivity index is 1.91. The highest BCUT2D eigenvalue weighted by Crippen LogP contribution is 2.50. The summed E-state index contributed by atoms with van der Waals surface area (Å²) in [5, 5.41) is 8.64. The molecule has 2 aliphatic rings. The number of imide groups is 1. The van der Waals surface area contributed by atoms with E-state index in [0.29, 0.717) is 10.5 Å². The summed E-state index contributed by atoms with van der Waals surface area (Å²) >= 11 is 4.65. The number of hydrogen-bond acceptors (Lipinski definition) is 5. The molecule has 0 N–H and O–H groups in total. The second-order valence-electron chi connectivity index (χ2n) is 6.16. The quantitative estimate of drug-likeness (QED) is 0.761. The van der Waals surface area contributed by atoms with Gasteiger partial charge in [-0.15, -0.1) is 10.2 Å². The molecule has 0 unspecified atom stereocenters. The highest BCUT2D eigenvalue weighted by molar-refractivity contribution is 9.11. The molecule has 2 fully saturated rings. The zero-order valence-corrected chi connectivity index (χ0v) is 13.9. The normalized spacial score (nSPS) is 21.2. The number of carbonyl (C=O) groups is 2. The summed E-state index contributed by atoms with van der Waals surface area (Å²) in [6.07, 6.45) is 1.48. The maximum atomic E-state index is 12.6. The molecule has 1 aliphatic heterocycles. The van der Waals surface area contributed by atoms with Crippen molar-refractivity contribution >= 4 is 39.2 Å². The smallest absolute Gasteiger partial charge is 0.303 e. The van der Waals surface area contributed by atoms with Gasteiger partial charge in [-0.1, -0.05) is 11.3 Å². The van der Waals surface area contributed by atoms with Crippen LogP contribution >= 0.6 is 27.3 Å². The van der Waals surface area contributed by atoms with Crippen LogP contribution in [0, 0.1) is 0 Å². The van der Waals surface area contributed by atoms with Crippen LogP contribution in [0.2, 0.25) is 0 Å². The summed E-state index contributed by atoms with van der Waals surface area (Å²) < 4.78 is 0.683. The van der Waals surface area contributed by atoms with Gasteiger partial charge in [0.2, 0.25) is 0 Å². The van der Waals surface area contributed by atoms with Crippen molar-refractivity contribution in [3.63, 3.8) is 0 Å². The molecule has 0 bridgehead atoms. The molecule has 0 aromatic carbocycles. The third-order valence-electron chi connectivity index (χ3n) is 3.67. The summed E-state index contributed by atoms with van der Waals surface area (Å²) in [4.78, 5) is 28.2. The standard InChI is InChI=1S/C12H15BrN4O2S/c1-11(2,3)17-8(18)12(4-5-12)16(10(17)19)6-7-14-15-9(13)20-7/h4-6H2,1-3H3. The number of halogens is 1. The summed E-state index contributed by atoms with van der Waals surface area (Å²) in [6, 6.07) is -0.216. The molecular formula is C12H15BrN4O2S. The maximum Gasteiger partial charge on any atom is 0.328 e. The molecule has 20 heavy (non-hydrogen) atoms. The number of rotatable bonds is 2. The average Bonchev–Trinajstić information content (AvgIpc) is 2.98. The number of aromatic nitrogens is 2. The van der Waals surface area contributed by atoms with Crippen molar-refractivity contribution in [3.05, 3.63) is 8.92 Å². The van der Waals surface area contributed by atoms with Crippen molar-refractivity contribution in [2.45, 2.75) is 51.2 Å². The van der Waals surface area contributed by atoms with Crippen molar-refractivity contribution in [2.24, 2.45) is 0 Å². The minimum atomic E-state index is -0.623. The fourth-order valence-electron chi connectivity index (χ4n) is 2.56. The molecule has 1 aromatic heterocycles. The Morgan fingerprint density at radius 3 is 2.40 bits per heavy atom. The second kappa shape index (κ2) is 4.24. The molecule has 1 aliphatic carbocycles. The van der Waals surface area contributed by atoms with Gasteiger partial charge in [-0.05, 0) is 49.5 Å². The monoisotopic (exact) mass is 358 g/mol. The summed E-state index contributed by atoms with van der Waals surface area (Å²) in [7, 11) is 0. The van der Waals surface area contributed by atoms with Crippen molar-refractivity contribution in [3.8, 4) is 0 Å². The molecule has 1 saturated carbocycles. The van der Waals surface area contributed by atoms with Gasteiger partial charge in [-0.25, -0.2) is 4.79 Å². The molecule has 108 valence electrons. The van der Waals surface area contributed by atoms with Gasteiger partial charge in [0.15, 0.2) is 3.92 Å². The van der Waals surface area contributed by atoms with Gasteiger partial charge in [0.1, 0.15) is 10.5 Å². The molecule has 0 atom stereocenters. The maximum absolute atomic E-state index is 12.6. The molecule has 3 rings (SSSR count). The van der Waals surface area contributed by atoms with Crippen molar-refractivity contribution in [1.82, 2.24) is 20.0 Å². The molecule has 6 nitrogen and oxygen atoms in total. The number of hydrogen-bond donors (Lipinski definition) is 0. The Morgan fingerprint density at radius 1 is 1.30 bits per heavy atom. The van der Waals surface area contributed by atoms with E-state index in [1.165, 1.54) is 16.2 Å².